The molecule has 17 heavy (non-hydrogen) atoms. The molecule has 0 spiro atoms. The molecule has 92 valence electrons. The molecule has 0 unspecified atom stereocenters. The van der Waals surface area contributed by atoms with E-state index < -0.39 is 0 Å². The van der Waals surface area contributed by atoms with Gasteiger partial charge in [0.2, 0.25) is 0 Å². The lowest BCUT2D eigenvalue weighted by atomic mass is 10.1. The maximum Gasteiger partial charge on any atom is 0.122 e. The van der Waals surface area contributed by atoms with Crippen LogP contribution < -0.4 is 10.5 Å². The number of nitrogens with two attached hydrogens (primary N) is 1. The lowest BCUT2D eigenvalue weighted by Gasteiger charge is -2.08. The molecule has 0 amide bonds. The van der Waals surface area contributed by atoms with Gasteiger partial charge in [-0.2, -0.15) is 0 Å². The zero-order chi connectivity index (χ0) is 12.3. The predicted molar refractivity (Wildman–Crippen MR) is 71.6 cm³/mol. The fourth-order valence-corrected chi connectivity index (χ4v) is 2.19. The van der Waals surface area contributed by atoms with Crippen molar-refractivity contribution in [2.75, 3.05) is 13.7 Å². The Morgan fingerprint density at radius 1 is 1.24 bits per heavy atom. The first kappa shape index (κ1) is 12.0. The summed E-state index contributed by atoms with van der Waals surface area (Å²) in [5, 5.41) is 1.21. The summed E-state index contributed by atoms with van der Waals surface area (Å²) < 4.78 is 5.45. The van der Waals surface area contributed by atoms with Gasteiger partial charge in [-0.3, -0.25) is 0 Å². The summed E-state index contributed by atoms with van der Waals surface area (Å²) in [6.07, 6.45) is 3.19. The number of H-pyrrole nitrogens is 1. The number of aromatic amines is 1. The second-order valence-corrected chi connectivity index (χ2v) is 4.45. The van der Waals surface area contributed by atoms with Crippen LogP contribution >= 0.6 is 0 Å². The van der Waals surface area contributed by atoms with E-state index in [-0.39, 0.29) is 0 Å². The Kier molecular flexibility index (Phi) is 3.69. The summed E-state index contributed by atoms with van der Waals surface area (Å²) in [6.45, 7) is 2.83. The summed E-state index contributed by atoms with van der Waals surface area (Å²) in [4.78, 5) is 3.36. The minimum absolute atomic E-state index is 0.756. The first-order valence-corrected chi connectivity index (χ1v) is 6.11. The van der Waals surface area contributed by atoms with Crippen molar-refractivity contribution in [3.05, 3.63) is 29.5 Å². The van der Waals surface area contributed by atoms with E-state index in [2.05, 4.69) is 30.1 Å². The maximum atomic E-state index is 5.52. The van der Waals surface area contributed by atoms with Crippen molar-refractivity contribution in [2.24, 2.45) is 5.73 Å². The molecule has 1 heterocycles. The number of hydrogen-bond donors (Lipinski definition) is 2. The van der Waals surface area contributed by atoms with Gasteiger partial charge in [0.25, 0.3) is 0 Å². The molecular formula is C14H20N2O. The Labute approximate surface area is 102 Å². The molecule has 1 aromatic heterocycles. The van der Waals surface area contributed by atoms with Gasteiger partial charge in [0.1, 0.15) is 5.75 Å². The lowest BCUT2D eigenvalue weighted by Crippen LogP contribution is -2.00. The van der Waals surface area contributed by atoms with Gasteiger partial charge in [-0.1, -0.05) is 0 Å². The van der Waals surface area contributed by atoms with Crippen molar-refractivity contribution in [3.63, 3.8) is 0 Å². The minimum atomic E-state index is 0.756. The minimum Gasteiger partial charge on any atom is -0.496 e. The fourth-order valence-electron chi connectivity index (χ4n) is 2.19. The van der Waals surface area contributed by atoms with Crippen LogP contribution in [0.2, 0.25) is 0 Å². The number of ether oxygens (including phenoxy) is 1. The quantitative estimate of drug-likeness (QED) is 0.779. The summed E-state index contributed by atoms with van der Waals surface area (Å²) in [5.41, 5.74) is 9.15. The number of benzene rings is 1. The molecule has 0 radical (unpaired) electrons. The first-order chi connectivity index (χ1) is 8.24. The third-order valence-electron chi connectivity index (χ3n) is 3.06. The highest BCUT2D eigenvalue weighted by atomic mass is 16.5. The van der Waals surface area contributed by atoms with Crippen LogP contribution in [0.4, 0.5) is 0 Å². The van der Waals surface area contributed by atoms with Crippen LogP contribution in [0.25, 0.3) is 10.9 Å². The molecule has 0 saturated carbocycles. The van der Waals surface area contributed by atoms with Crippen molar-refractivity contribution in [3.8, 4) is 5.75 Å². The van der Waals surface area contributed by atoms with E-state index in [9.17, 15) is 0 Å². The molecule has 0 fully saturated rings. The van der Waals surface area contributed by atoms with Gasteiger partial charge in [-0.15, -0.1) is 0 Å². The highest BCUT2D eigenvalue weighted by Gasteiger charge is 2.07. The van der Waals surface area contributed by atoms with Gasteiger partial charge in [-0.25, -0.2) is 0 Å². The number of methoxy groups -OCH3 is 1. The van der Waals surface area contributed by atoms with Gasteiger partial charge in [0.15, 0.2) is 0 Å². The SMILES string of the molecule is COc1cc2cc(C)[nH]c2cc1CCCCN. The predicted octanol–water partition coefficient (Wildman–Crippen LogP) is 2.77. The zero-order valence-electron chi connectivity index (χ0n) is 10.5. The van der Waals surface area contributed by atoms with Crippen LogP contribution in [-0.4, -0.2) is 18.6 Å². The lowest BCUT2D eigenvalue weighted by molar-refractivity contribution is 0.409. The number of fused-ring (bicyclic) bond motifs is 1. The number of hydrogen-bond acceptors (Lipinski definition) is 2. The van der Waals surface area contributed by atoms with E-state index in [1.807, 2.05) is 0 Å². The number of aromatic nitrogens is 1. The second kappa shape index (κ2) is 5.23. The third-order valence-corrected chi connectivity index (χ3v) is 3.06. The van der Waals surface area contributed by atoms with Crippen molar-refractivity contribution in [2.45, 2.75) is 26.2 Å². The van der Waals surface area contributed by atoms with E-state index in [1.165, 1.54) is 22.2 Å². The average Bonchev–Trinajstić information content (AvgIpc) is 2.67. The molecule has 0 aliphatic rings. The average molecular weight is 232 g/mol. The summed E-state index contributed by atoms with van der Waals surface area (Å²) in [6, 6.07) is 6.44. The molecule has 2 aromatic rings. The van der Waals surface area contributed by atoms with Crippen LogP contribution in [0.15, 0.2) is 18.2 Å². The molecule has 2 rings (SSSR count). The fraction of sp³-hybridized carbons (Fsp3) is 0.429. The number of unbranched alkanes of at least 4 members (excludes halogenated alkanes) is 1. The molecular weight excluding hydrogens is 212 g/mol. The van der Waals surface area contributed by atoms with E-state index >= 15 is 0 Å². The van der Waals surface area contributed by atoms with Gasteiger partial charge in [0.05, 0.1) is 7.11 Å². The van der Waals surface area contributed by atoms with Gasteiger partial charge < -0.3 is 15.5 Å². The molecule has 0 atom stereocenters. The first-order valence-electron chi connectivity index (χ1n) is 6.11. The Hall–Kier alpha value is -1.48. The van der Waals surface area contributed by atoms with E-state index in [4.69, 9.17) is 10.5 Å². The number of aryl methyl sites for hydroxylation is 2. The Bertz CT molecular complexity index is 502. The van der Waals surface area contributed by atoms with E-state index in [0.717, 1.165) is 31.6 Å². The van der Waals surface area contributed by atoms with Crippen LogP contribution in [0.1, 0.15) is 24.1 Å². The second-order valence-electron chi connectivity index (χ2n) is 4.45. The molecule has 1 aromatic carbocycles. The third kappa shape index (κ3) is 2.61. The molecule has 0 aliphatic carbocycles. The maximum absolute atomic E-state index is 5.52. The summed E-state index contributed by atoms with van der Waals surface area (Å²) in [7, 11) is 1.73. The highest BCUT2D eigenvalue weighted by Crippen LogP contribution is 2.27. The smallest absolute Gasteiger partial charge is 0.122 e. The molecule has 0 aliphatic heterocycles. The van der Waals surface area contributed by atoms with Gasteiger partial charge >= 0.3 is 0 Å². The molecule has 3 heteroatoms. The highest BCUT2D eigenvalue weighted by molar-refractivity contribution is 5.83. The van der Waals surface area contributed by atoms with Crippen molar-refractivity contribution < 1.29 is 4.74 Å². The molecule has 0 saturated heterocycles. The standard InChI is InChI=1S/C14H20N2O/c1-10-7-12-9-14(17-2)11(5-3-4-6-15)8-13(12)16-10/h7-9,16H,3-6,15H2,1-2H3. The zero-order valence-corrected chi connectivity index (χ0v) is 10.5. The topological polar surface area (TPSA) is 51.0 Å². The van der Waals surface area contributed by atoms with Crippen molar-refractivity contribution in [1.29, 1.82) is 0 Å². The summed E-state index contributed by atoms with van der Waals surface area (Å²) in [5.74, 6) is 0.980. The summed E-state index contributed by atoms with van der Waals surface area (Å²) >= 11 is 0. The van der Waals surface area contributed by atoms with Crippen LogP contribution in [0.3, 0.4) is 0 Å². The Balaban J connectivity index is 2.31. The van der Waals surface area contributed by atoms with Gasteiger partial charge in [-0.05, 0) is 56.5 Å². The van der Waals surface area contributed by atoms with Crippen LogP contribution in [-0.2, 0) is 6.42 Å². The molecule has 3 nitrogen and oxygen atoms in total. The van der Waals surface area contributed by atoms with E-state index in [1.54, 1.807) is 7.11 Å². The Morgan fingerprint density at radius 3 is 2.76 bits per heavy atom. The largest absolute Gasteiger partial charge is 0.496 e. The normalized spacial score (nSPS) is 11.0. The van der Waals surface area contributed by atoms with Crippen LogP contribution in [0, 0.1) is 6.92 Å². The monoisotopic (exact) mass is 232 g/mol. The molecule has 3 N–H and O–H groups in total. The van der Waals surface area contributed by atoms with Crippen LogP contribution in [0.5, 0.6) is 5.75 Å². The number of nitrogens with one attached hydrogen (secondary N) is 1. The molecule has 0 bridgehead atoms. The van der Waals surface area contributed by atoms with Crippen molar-refractivity contribution >= 4 is 10.9 Å². The van der Waals surface area contributed by atoms with Crippen molar-refractivity contribution in [1.82, 2.24) is 4.98 Å². The number of rotatable bonds is 5. The Morgan fingerprint density at radius 2 is 2.06 bits per heavy atom. The van der Waals surface area contributed by atoms with E-state index in [0.29, 0.717) is 0 Å². The van der Waals surface area contributed by atoms with Gasteiger partial charge in [0, 0.05) is 16.6 Å².